The summed E-state index contributed by atoms with van der Waals surface area (Å²) in [6.07, 6.45) is 25.2. The van der Waals surface area contributed by atoms with Crippen LogP contribution in [0.4, 0.5) is 14.9 Å². The summed E-state index contributed by atoms with van der Waals surface area (Å²) in [6, 6.07) is 22.5. The molecule has 11 aliphatic carbocycles. The first-order valence-electron chi connectivity index (χ1n) is 49.3. The molecule has 1 saturated heterocycles. The summed E-state index contributed by atoms with van der Waals surface area (Å²) >= 11 is 6.79. The number of benzene rings is 3. The van der Waals surface area contributed by atoms with Crippen molar-refractivity contribution in [3.05, 3.63) is 217 Å². The molecular formula is C112H140ClFN6O19S. The molecule has 0 unspecified atom stereocenters. The van der Waals surface area contributed by atoms with Gasteiger partial charge in [0, 0.05) is 129 Å². The Hall–Kier alpha value is -10.1. The van der Waals surface area contributed by atoms with Crippen LogP contribution in [0.15, 0.2) is 194 Å². The number of amides is 2. The Labute approximate surface area is 829 Å². The molecule has 2 amide bonds. The SMILES string of the molecule is CC#C[C@]1(O)CC[C@H]2[C@@H]3CCC4=CC(=O)CCC4=C3[C@@H](c3ccc(N(C)C)cc3)C[C@@]21C.CC(=O)O[C@]1(C(C)=O)CC[C@H]2[C@@H]3C=C(Cl)C4=CC(=O)[C@@H]5C[C@@H]5[C@]4(C)[C@H]3CC[C@@]21C.COC1=C2C[C@@H](C)C[C@H](OC)[C@H](O)[C@@H](C)/C=C(\C)[C@H](OC(N)=O)[C@@H](OC)/C=C/C=C(\C)C(=O)NC(=CC1=O)C2=O.COCCOC[C@]12Cc3cnn(-c4ccc(F)cc4)c3C=C1CCN(S(=O)(=O)c1ccc(C(C)(C)C)cc1)C2. The molecule has 17 rings (SSSR count). The normalized spacial score (nSPS) is 33.4. The minimum atomic E-state index is -3.70. The van der Waals surface area contributed by atoms with Crippen molar-refractivity contribution in [2.24, 2.45) is 80.7 Å². The topological polar surface area (TPSA) is 338 Å². The number of sulfonamides is 1. The van der Waals surface area contributed by atoms with E-state index in [9.17, 15) is 61.4 Å². The number of ketones is 5. The summed E-state index contributed by atoms with van der Waals surface area (Å²) < 4.78 is 83.3. The maximum atomic E-state index is 13.8. The summed E-state index contributed by atoms with van der Waals surface area (Å²) in [5.41, 5.74) is 15.8. The van der Waals surface area contributed by atoms with Gasteiger partial charge in [-0.15, -0.1) is 5.92 Å². The van der Waals surface area contributed by atoms with E-state index >= 15 is 0 Å². The number of rotatable bonds is 16. The number of hydrogen-bond donors (Lipinski definition) is 4. The first-order valence-corrected chi connectivity index (χ1v) is 51.1. The number of nitrogens with two attached hydrogens (primary N) is 1. The lowest BCUT2D eigenvalue weighted by molar-refractivity contribution is -0.185. The summed E-state index contributed by atoms with van der Waals surface area (Å²) in [7, 11) is 6.29. The number of nitrogens with zero attached hydrogens (tertiary/aromatic N) is 4. The lowest BCUT2D eigenvalue weighted by atomic mass is 9.47. The predicted molar refractivity (Wildman–Crippen MR) is 534 cm³/mol. The van der Waals surface area contributed by atoms with Gasteiger partial charge in [-0.25, -0.2) is 22.3 Å². The fraction of sp³-hybridized carbons (Fsp3) is 0.545. The van der Waals surface area contributed by atoms with Crippen molar-refractivity contribution in [3.63, 3.8) is 0 Å². The molecule has 3 heterocycles. The van der Waals surface area contributed by atoms with Crippen LogP contribution in [0.3, 0.4) is 0 Å². The second kappa shape index (κ2) is 42.0. The molecule has 3 aromatic carbocycles. The van der Waals surface area contributed by atoms with Gasteiger partial charge < -0.3 is 59.3 Å². The Balaban J connectivity index is 0.000000150. The number of aliphatic hydroxyl groups excluding tert-OH is 1. The number of ether oxygens (including phenoxy) is 7. The summed E-state index contributed by atoms with van der Waals surface area (Å²) in [4.78, 5) is 102. The molecule has 1 aromatic heterocycles. The fourth-order valence-corrected chi connectivity index (χ4v) is 27.6. The molecule has 0 spiro atoms. The number of piperidine rings is 1. The summed E-state index contributed by atoms with van der Waals surface area (Å²) in [5, 5.41) is 30.7. The Morgan fingerprint density at radius 3 is 2.14 bits per heavy atom. The number of primary amides is 1. The van der Waals surface area contributed by atoms with Gasteiger partial charge in [-0.2, -0.15) is 9.40 Å². The molecule has 140 heavy (non-hydrogen) atoms. The van der Waals surface area contributed by atoms with Crippen LogP contribution in [0, 0.1) is 92.6 Å². The van der Waals surface area contributed by atoms with Crippen molar-refractivity contribution in [2.75, 3.05) is 80.3 Å². The average molecular weight is 1960 g/mol. The van der Waals surface area contributed by atoms with Crippen LogP contribution in [-0.4, -0.2) is 191 Å². The smallest absolute Gasteiger partial charge is 0.405 e. The average Bonchev–Trinajstić information content (AvgIpc) is 1.51. The lowest BCUT2D eigenvalue weighted by Gasteiger charge is -2.57. The number of fused-ring (bicyclic) bond motifs is 15. The van der Waals surface area contributed by atoms with Gasteiger partial charge in [-0.1, -0.05) is 139 Å². The number of hydrogen-bond acceptors (Lipinski definition) is 21. The second-order valence-corrected chi connectivity index (χ2v) is 45.1. The number of aliphatic hydroxyl groups is 2. The van der Waals surface area contributed by atoms with Gasteiger partial charge in [0.15, 0.2) is 34.8 Å². The molecule has 2 bridgehead atoms. The van der Waals surface area contributed by atoms with Gasteiger partial charge in [0.05, 0.1) is 67.3 Å². The van der Waals surface area contributed by atoms with Gasteiger partial charge >= 0.3 is 12.1 Å². The molecule has 5 N–H and O–H groups in total. The number of anilines is 1. The lowest BCUT2D eigenvalue weighted by Crippen LogP contribution is -2.58. The van der Waals surface area contributed by atoms with Gasteiger partial charge in [-0.05, 0) is 277 Å². The third kappa shape index (κ3) is 20.5. The molecular weight excluding hydrogens is 1820 g/mol. The van der Waals surface area contributed by atoms with Crippen LogP contribution >= 0.6 is 11.6 Å². The fourth-order valence-electron chi connectivity index (χ4n) is 25.7. The van der Waals surface area contributed by atoms with Gasteiger partial charge in [0.1, 0.15) is 17.5 Å². The number of halogens is 2. The number of allylic oxidation sites excluding steroid dienone is 12. The number of esters is 1. The van der Waals surface area contributed by atoms with Crippen LogP contribution in [0.1, 0.15) is 215 Å². The first kappa shape index (κ1) is 106. The predicted octanol–water partition coefficient (Wildman–Crippen LogP) is 17.4. The van der Waals surface area contributed by atoms with E-state index in [1.165, 1.54) is 75.8 Å². The Morgan fingerprint density at radius 2 is 1.49 bits per heavy atom. The van der Waals surface area contributed by atoms with E-state index in [-0.39, 0.29) is 109 Å². The molecule has 0 radical (unpaired) electrons. The van der Waals surface area contributed by atoms with E-state index in [0.29, 0.717) is 104 Å². The van der Waals surface area contributed by atoms with Crippen LogP contribution in [-0.2, 0) is 88.6 Å². The highest BCUT2D eigenvalue weighted by Gasteiger charge is 2.71. The Kier molecular flexibility index (Phi) is 31.7. The minimum absolute atomic E-state index is 0.0423. The van der Waals surface area contributed by atoms with E-state index in [1.54, 1.807) is 80.3 Å². The van der Waals surface area contributed by atoms with Crippen LogP contribution in [0.25, 0.3) is 11.8 Å². The zero-order valence-electron chi connectivity index (χ0n) is 84.5. The summed E-state index contributed by atoms with van der Waals surface area (Å²) in [5.74, 6) is 6.34. The van der Waals surface area contributed by atoms with Crippen molar-refractivity contribution in [1.82, 2.24) is 19.4 Å². The van der Waals surface area contributed by atoms with E-state index in [1.807, 2.05) is 49.0 Å². The van der Waals surface area contributed by atoms with Crippen molar-refractivity contribution in [3.8, 4) is 17.5 Å². The number of carbonyl (C=O) groups is 8. The minimum Gasteiger partial charge on any atom is -0.492 e. The van der Waals surface area contributed by atoms with Crippen molar-refractivity contribution >= 4 is 80.3 Å². The maximum absolute atomic E-state index is 13.8. The molecule has 2 aliphatic heterocycles. The highest BCUT2D eigenvalue weighted by atomic mass is 35.5. The molecule has 28 heteroatoms. The van der Waals surface area contributed by atoms with E-state index < -0.39 is 80.5 Å². The van der Waals surface area contributed by atoms with Crippen LogP contribution < -0.4 is 16.0 Å². The number of aromatic nitrogens is 2. The van der Waals surface area contributed by atoms with Crippen LogP contribution in [0.5, 0.6) is 0 Å². The Bertz CT molecular complexity index is 6020. The van der Waals surface area contributed by atoms with E-state index in [2.05, 4.69) is 119 Å². The third-order valence-corrected chi connectivity index (χ3v) is 35.4. The number of carbonyl (C=O) groups excluding carboxylic acids is 8. The standard InChI is InChI=1S/C30H36FN3O4S.C29H40N2O9.C29H35NO2.C24H29ClO4/c1-29(2,3)23-5-11-27(12-6-23)39(35,36)33-14-13-24-17-28-22(18-30(24,20-33)21-38-16-15-37-4)19-32-34(28)26-9-7-25(31)8-10-26;1-15-11-19-25(34)20(14-21(32)27(19)39-7)31-28(35)16(2)9-8-10-22(37-5)26(40-29(30)36)18(4)13-17(3)24(33)23(12-15)38-6;1-5-15-29(32)16-14-26-24-12-8-20-17-22(31)11-13-23(20)27(24)25(18-28(26,29)2)19-6-9-21(10-7-19)30(3)4;1-12(26)24(29-13(2)27)8-6-16-14-10-20(25)19-11-21(28)15-9-18(15)23(19,4)17(14)5-7-22(16,24)3/h5-12,17,19H,13-16,18,20-21H2,1-4H3;8-10,13-15,17,22-24,26,33H,11-12H2,1-7H3,(H2,30,36)(H,31,35);6-7,9-10,17,24-26,32H,8,11-14,16,18H2,1-4H3;10-11,14-18H,5-9H2,1-4H3/b;10-8+,16-9+,18-13+;;/t30-;15-,17+,22+,23+,24-,26+;24-,25+,26-,28-,29-;14-,15+,16-,17-,18-,22-,23-,24-/m1100/s1. The molecule has 6 fully saturated rings. The molecule has 5 saturated carbocycles. The molecule has 4 aromatic rings. The quantitative estimate of drug-likeness (QED) is 0.0266. The highest BCUT2D eigenvalue weighted by Crippen LogP contribution is 2.73. The Morgan fingerprint density at radius 1 is 0.793 bits per heavy atom. The third-order valence-electron chi connectivity index (χ3n) is 33.2. The molecule has 20 atom stereocenters. The maximum Gasteiger partial charge on any atom is 0.405 e. The van der Waals surface area contributed by atoms with Crippen molar-refractivity contribution in [1.29, 1.82) is 0 Å². The molecule has 752 valence electrons. The highest BCUT2D eigenvalue weighted by molar-refractivity contribution is 7.89. The number of Topliss-reactive ketones (excluding diaryl/α,β-unsaturated/α-hetero) is 2. The largest absolute Gasteiger partial charge is 0.492 e. The van der Waals surface area contributed by atoms with Gasteiger partial charge in [0.25, 0.3) is 5.91 Å². The zero-order chi connectivity index (χ0) is 102. The van der Waals surface area contributed by atoms with Crippen molar-refractivity contribution in [2.45, 2.75) is 245 Å². The van der Waals surface area contributed by atoms with Gasteiger partial charge in [0.2, 0.25) is 21.6 Å². The van der Waals surface area contributed by atoms with Crippen LogP contribution in [0.2, 0.25) is 0 Å². The molecule has 13 aliphatic rings. The summed E-state index contributed by atoms with van der Waals surface area (Å²) in [6.45, 7) is 26.8. The van der Waals surface area contributed by atoms with E-state index in [0.717, 1.165) is 104 Å². The van der Waals surface area contributed by atoms with Gasteiger partial charge in [-0.3, -0.25) is 33.6 Å². The molecule has 25 nitrogen and oxygen atoms in total. The zero-order valence-corrected chi connectivity index (χ0v) is 86.1. The van der Waals surface area contributed by atoms with Crippen molar-refractivity contribution < 1.29 is 94.5 Å². The number of nitrogens with one attached hydrogen (secondary N) is 1. The van der Waals surface area contributed by atoms with E-state index in [4.69, 9.17) is 50.5 Å². The number of methoxy groups -OCH3 is 4. The second-order valence-electron chi connectivity index (χ2n) is 42.8. The first-order chi connectivity index (χ1) is 66.2. The monoisotopic (exact) mass is 1960 g/mol.